The van der Waals surface area contributed by atoms with Gasteiger partial charge in [0.15, 0.2) is 5.82 Å². The van der Waals surface area contributed by atoms with Gasteiger partial charge in [0, 0.05) is 16.8 Å². The summed E-state index contributed by atoms with van der Waals surface area (Å²) in [6.07, 6.45) is 1.49. The van der Waals surface area contributed by atoms with E-state index in [1.807, 2.05) is 13.0 Å². The van der Waals surface area contributed by atoms with Crippen molar-refractivity contribution >= 4 is 34.7 Å². The number of ether oxygens (including phenoxy) is 1. The summed E-state index contributed by atoms with van der Waals surface area (Å²) in [4.78, 5) is 4.34. The lowest BCUT2D eigenvalue weighted by molar-refractivity contribution is 0.416. The van der Waals surface area contributed by atoms with Crippen LogP contribution in [0.3, 0.4) is 0 Å². The van der Waals surface area contributed by atoms with Crippen molar-refractivity contribution in [3.8, 4) is 5.75 Å². The number of nitrogens with zero attached hydrogens (tertiary/aromatic N) is 3. The molecule has 0 saturated heterocycles. The molecule has 8 heteroatoms. The number of anilines is 4. The molecule has 0 unspecified atom stereocenters. The Morgan fingerprint density at radius 1 is 1.12 bits per heavy atom. The number of benzene rings is 2. The molecule has 0 aliphatic heterocycles. The lowest BCUT2D eigenvalue weighted by Crippen LogP contribution is -2.03. The Morgan fingerprint density at radius 2 is 1.88 bits per heavy atom. The maximum Gasteiger partial charge on any atom is 0.249 e. The van der Waals surface area contributed by atoms with Crippen molar-refractivity contribution in [1.82, 2.24) is 15.2 Å². The van der Waals surface area contributed by atoms with E-state index in [-0.39, 0.29) is 11.8 Å². The van der Waals surface area contributed by atoms with E-state index in [9.17, 15) is 4.39 Å². The molecule has 0 radical (unpaired) electrons. The Kier molecular flexibility index (Phi) is 4.95. The molecule has 3 rings (SSSR count). The van der Waals surface area contributed by atoms with Crippen molar-refractivity contribution in [2.24, 2.45) is 0 Å². The summed E-state index contributed by atoms with van der Waals surface area (Å²) in [6, 6.07) is 9.45. The first-order valence-electron chi connectivity index (χ1n) is 7.38. The summed E-state index contributed by atoms with van der Waals surface area (Å²) in [5.41, 5.74) is 2.26. The zero-order valence-corrected chi connectivity index (χ0v) is 14.3. The van der Waals surface area contributed by atoms with Gasteiger partial charge in [-0.3, -0.25) is 0 Å². The van der Waals surface area contributed by atoms with Crippen molar-refractivity contribution in [2.45, 2.75) is 6.92 Å². The number of hydrogen-bond acceptors (Lipinski definition) is 6. The van der Waals surface area contributed by atoms with Crippen molar-refractivity contribution in [1.29, 1.82) is 0 Å². The minimum Gasteiger partial charge on any atom is -0.495 e. The molecule has 1 aromatic heterocycles. The van der Waals surface area contributed by atoms with Gasteiger partial charge < -0.3 is 15.4 Å². The smallest absolute Gasteiger partial charge is 0.249 e. The lowest BCUT2D eigenvalue weighted by Gasteiger charge is -2.13. The molecule has 25 heavy (non-hydrogen) atoms. The van der Waals surface area contributed by atoms with E-state index in [1.54, 1.807) is 25.3 Å². The minimum absolute atomic E-state index is 0.279. The van der Waals surface area contributed by atoms with E-state index in [4.69, 9.17) is 16.3 Å². The van der Waals surface area contributed by atoms with Gasteiger partial charge in [-0.05, 0) is 42.8 Å². The molecular formula is C17H15ClFN5O. The predicted molar refractivity (Wildman–Crippen MR) is 95.5 cm³/mol. The molecule has 0 bridgehead atoms. The van der Waals surface area contributed by atoms with Crippen LogP contribution in [-0.4, -0.2) is 22.3 Å². The molecule has 0 amide bonds. The summed E-state index contributed by atoms with van der Waals surface area (Å²) in [5.74, 6) is 1.02. The molecule has 0 aliphatic rings. The molecule has 0 aliphatic carbocycles. The highest BCUT2D eigenvalue weighted by molar-refractivity contribution is 6.31. The second kappa shape index (κ2) is 7.31. The first-order valence-corrected chi connectivity index (χ1v) is 7.76. The Labute approximate surface area is 149 Å². The van der Waals surface area contributed by atoms with E-state index in [1.165, 1.54) is 18.3 Å². The van der Waals surface area contributed by atoms with Gasteiger partial charge in [0.05, 0.1) is 19.0 Å². The van der Waals surface area contributed by atoms with E-state index >= 15 is 0 Å². The normalized spacial score (nSPS) is 10.4. The van der Waals surface area contributed by atoms with Gasteiger partial charge in [0.25, 0.3) is 0 Å². The number of methoxy groups -OCH3 is 1. The maximum absolute atomic E-state index is 13.0. The fourth-order valence-electron chi connectivity index (χ4n) is 2.15. The van der Waals surface area contributed by atoms with Crippen molar-refractivity contribution < 1.29 is 9.13 Å². The van der Waals surface area contributed by atoms with Crippen molar-refractivity contribution in [3.05, 3.63) is 59.0 Å². The summed E-state index contributed by atoms with van der Waals surface area (Å²) in [5, 5.41) is 14.5. The SMILES string of the molecule is COc1cc(Cl)c(C)cc1Nc1cnnc(Nc2ccc(F)cc2)n1. The van der Waals surface area contributed by atoms with Crippen LogP contribution in [0.1, 0.15) is 5.56 Å². The van der Waals surface area contributed by atoms with Gasteiger partial charge in [0.1, 0.15) is 11.6 Å². The zero-order chi connectivity index (χ0) is 17.8. The Bertz CT molecular complexity index is 889. The van der Waals surface area contributed by atoms with Gasteiger partial charge in [-0.2, -0.15) is 10.1 Å². The number of hydrogen-bond donors (Lipinski definition) is 2. The molecule has 2 N–H and O–H groups in total. The van der Waals surface area contributed by atoms with Gasteiger partial charge in [-0.15, -0.1) is 5.10 Å². The molecule has 3 aromatic rings. The van der Waals surface area contributed by atoms with Crippen molar-refractivity contribution in [2.75, 3.05) is 17.7 Å². The van der Waals surface area contributed by atoms with Crippen LogP contribution in [0.2, 0.25) is 5.02 Å². The number of rotatable bonds is 5. The number of halogens is 2. The van der Waals surface area contributed by atoms with Crippen LogP contribution >= 0.6 is 11.6 Å². The molecule has 0 saturated carbocycles. The van der Waals surface area contributed by atoms with Crippen LogP contribution in [0.4, 0.5) is 27.5 Å². The van der Waals surface area contributed by atoms with Crippen LogP contribution in [-0.2, 0) is 0 Å². The fraction of sp³-hybridized carbons (Fsp3) is 0.118. The average molecular weight is 360 g/mol. The van der Waals surface area contributed by atoms with Crippen LogP contribution in [0.15, 0.2) is 42.6 Å². The zero-order valence-electron chi connectivity index (χ0n) is 13.5. The van der Waals surface area contributed by atoms with Crippen LogP contribution in [0.25, 0.3) is 0 Å². The average Bonchev–Trinajstić information content (AvgIpc) is 2.60. The highest BCUT2D eigenvalue weighted by Crippen LogP contribution is 2.32. The van der Waals surface area contributed by atoms with Gasteiger partial charge in [0.2, 0.25) is 5.95 Å². The third-order valence-corrected chi connectivity index (χ3v) is 3.81. The molecule has 128 valence electrons. The lowest BCUT2D eigenvalue weighted by atomic mass is 10.2. The fourth-order valence-corrected chi connectivity index (χ4v) is 2.30. The third-order valence-electron chi connectivity index (χ3n) is 3.40. The summed E-state index contributed by atoms with van der Waals surface area (Å²) >= 11 is 6.11. The quantitative estimate of drug-likeness (QED) is 0.700. The Balaban J connectivity index is 1.82. The van der Waals surface area contributed by atoms with Crippen molar-refractivity contribution in [3.63, 3.8) is 0 Å². The Hall–Kier alpha value is -2.93. The topological polar surface area (TPSA) is 72.0 Å². The van der Waals surface area contributed by atoms with E-state index in [2.05, 4.69) is 25.8 Å². The first-order chi connectivity index (χ1) is 12.0. The Morgan fingerprint density at radius 3 is 2.60 bits per heavy atom. The standard InChI is InChI=1S/C17H15ClFN5O/c1-10-7-14(15(25-2)8-13(10)18)22-16-9-20-24-17(23-16)21-12-5-3-11(19)4-6-12/h3-9H,1-2H3,(H2,21,22,23,24). The monoisotopic (exact) mass is 359 g/mol. The molecular weight excluding hydrogens is 345 g/mol. The minimum atomic E-state index is -0.315. The van der Waals surface area contributed by atoms with Crippen LogP contribution < -0.4 is 15.4 Å². The maximum atomic E-state index is 13.0. The van der Waals surface area contributed by atoms with Gasteiger partial charge in [-0.1, -0.05) is 11.6 Å². The molecule has 0 spiro atoms. The second-order valence-electron chi connectivity index (χ2n) is 5.22. The third kappa shape index (κ3) is 4.13. The summed E-state index contributed by atoms with van der Waals surface area (Å²) in [6.45, 7) is 1.90. The number of aromatic nitrogens is 3. The number of aryl methyl sites for hydroxylation is 1. The van der Waals surface area contributed by atoms with Crippen LogP contribution in [0.5, 0.6) is 5.75 Å². The summed E-state index contributed by atoms with van der Waals surface area (Å²) < 4.78 is 18.3. The van der Waals surface area contributed by atoms with E-state index in [0.717, 1.165) is 5.56 Å². The van der Waals surface area contributed by atoms with Gasteiger partial charge >= 0.3 is 0 Å². The number of nitrogens with one attached hydrogen (secondary N) is 2. The molecule has 6 nitrogen and oxygen atoms in total. The molecule has 0 fully saturated rings. The van der Waals surface area contributed by atoms with E-state index < -0.39 is 0 Å². The largest absolute Gasteiger partial charge is 0.495 e. The predicted octanol–water partition coefficient (Wildman–Crippen LogP) is 4.47. The molecule has 1 heterocycles. The molecule has 0 atom stereocenters. The van der Waals surface area contributed by atoms with E-state index in [0.29, 0.717) is 28.0 Å². The highest BCUT2D eigenvalue weighted by Gasteiger charge is 2.09. The summed E-state index contributed by atoms with van der Waals surface area (Å²) in [7, 11) is 1.56. The van der Waals surface area contributed by atoms with Gasteiger partial charge in [-0.25, -0.2) is 4.39 Å². The highest BCUT2D eigenvalue weighted by atomic mass is 35.5. The first kappa shape index (κ1) is 16.9. The van der Waals surface area contributed by atoms with Crippen LogP contribution in [0, 0.1) is 12.7 Å². The molecule has 2 aromatic carbocycles. The second-order valence-corrected chi connectivity index (χ2v) is 5.63.